The van der Waals surface area contributed by atoms with Gasteiger partial charge in [0.15, 0.2) is 29.9 Å². The fourth-order valence-corrected chi connectivity index (χ4v) is 5.52. The molecule has 0 aliphatic carbocycles. The maximum Gasteiger partial charge on any atom is 0.273 e. The van der Waals surface area contributed by atoms with E-state index in [1.54, 1.807) is 37.5 Å². The highest BCUT2D eigenvalue weighted by atomic mass is 32.2. The molecule has 4 heterocycles. The minimum Gasteiger partial charge on any atom is -0.449 e. The van der Waals surface area contributed by atoms with Crippen molar-refractivity contribution in [2.75, 3.05) is 4.90 Å². The smallest absolute Gasteiger partial charge is 0.273 e. The van der Waals surface area contributed by atoms with Crippen LogP contribution < -0.4 is 14.9 Å². The summed E-state index contributed by atoms with van der Waals surface area (Å²) in [7, 11) is -3.70. The van der Waals surface area contributed by atoms with Crippen LogP contribution in [0.25, 0.3) is 11.3 Å². The molecule has 0 saturated carbocycles. The summed E-state index contributed by atoms with van der Waals surface area (Å²) in [5.41, 5.74) is 3.75. The second-order valence-electron chi connectivity index (χ2n) is 9.17. The number of hydrogen-bond donors (Lipinski definition) is 2. The van der Waals surface area contributed by atoms with E-state index in [0.29, 0.717) is 36.2 Å². The number of aromatic nitrogens is 3. The second-order valence-corrected chi connectivity index (χ2v) is 10.9. The summed E-state index contributed by atoms with van der Waals surface area (Å²) in [4.78, 5) is 23.5. The molecule has 2 aliphatic heterocycles. The first-order valence-corrected chi connectivity index (χ1v) is 13.7. The molecule has 6 rings (SSSR count). The van der Waals surface area contributed by atoms with Gasteiger partial charge in [0.05, 0.1) is 11.2 Å². The molecule has 2 aromatic carbocycles. The van der Waals surface area contributed by atoms with Gasteiger partial charge in [-0.1, -0.05) is 36.4 Å². The van der Waals surface area contributed by atoms with Crippen molar-refractivity contribution in [2.45, 2.75) is 50.8 Å². The predicted octanol–water partition coefficient (Wildman–Crippen LogP) is 2.78. The minimum atomic E-state index is -3.70. The number of imidazole rings is 1. The first kappa shape index (κ1) is 24.3. The number of rotatable bonds is 8. The maximum atomic E-state index is 12.8. The lowest BCUT2D eigenvalue weighted by molar-refractivity contribution is 0.0926. The molecular formula is C26H26N6O5S. The van der Waals surface area contributed by atoms with Crippen LogP contribution in [-0.2, 0) is 34.4 Å². The second kappa shape index (κ2) is 9.39. The summed E-state index contributed by atoms with van der Waals surface area (Å²) in [6, 6.07) is 14.1. The van der Waals surface area contributed by atoms with Gasteiger partial charge >= 0.3 is 0 Å². The first-order valence-electron chi connectivity index (χ1n) is 12.2. The Bertz CT molecular complexity index is 1590. The van der Waals surface area contributed by atoms with Gasteiger partial charge < -0.3 is 23.9 Å². The van der Waals surface area contributed by atoms with Crippen molar-refractivity contribution >= 4 is 21.7 Å². The van der Waals surface area contributed by atoms with Crippen LogP contribution in [0.5, 0.6) is 0 Å². The number of nitrogens with zero attached hydrogens (tertiary/aromatic N) is 4. The van der Waals surface area contributed by atoms with E-state index in [0.717, 1.165) is 16.7 Å². The van der Waals surface area contributed by atoms with Gasteiger partial charge in [0, 0.05) is 32.1 Å². The van der Waals surface area contributed by atoms with E-state index in [1.165, 1.54) is 6.26 Å². The van der Waals surface area contributed by atoms with Crippen molar-refractivity contribution in [2.24, 2.45) is 0 Å². The van der Waals surface area contributed by atoms with Gasteiger partial charge in [-0.3, -0.25) is 4.79 Å². The van der Waals surface area contributed by atoms with E-state index in [-0.39, 0.29) is 29.8 Å². The molecule has 0 spiro atoms. The molecule has 2 aliphatic rings. The van der Waals surface area contributed by atoms with E-state index in [4.69, 9.17) is 9.15 Å². The Labute approximate surface area is 219 Å². The Kier molecular flexibility index (Phi) is 6.01. The number of fused-ring (bicyclic) bond motifs is 2. The molecule has 1 fully saturated rings. The Morgan fingerprint density at radius 2 is 1.82 bits per heavy atom. The molecule has 0 bridgehead atoms. The number of aryl methyl sites for hydroxylation is 2. The quantitative estimate of drug-likeness (QED) is 0.330. The van der Waals surface area contributed by atoms with Crippen molar-refractivity contribution < 1.29 is 22.4 Å². The largest absolute Gasteiger partial charge is 0.449 e. The lowest BCUT2D eigenvalue weighted by atomic mass is 10.1. The van der Waals surface area contributed by atoms with Gasteiger partial charge in [-0.15, -0.1) is 0 Å². The predicted molar refractivity (Wildman–Crippen MR) is 137 cm³/mol. The molecular weight excluding hydrogens is 508 g/mol. The van der Waals surface area contributed by atoms with E-state index >= 15 is 0 Å². The van der Waals surface area contributed by atoms with Crippen LogP contribution in [0, 0.1) is 6.92 Å². The summed E-state index contributed by atoms with van der Waals surface area (Å²) in [5, 5.41) is 2.88. The lowest BCUT2D eigenvalue weighted by Crippen LogP contribution is -2.30. The average Bonchev–Trinajstić information content (AvgIpc) is 3.34. The molecule has 2 atom stereocenters. The molecule has 2 aromatic heterocycles. The SMILES string of the molecule is CCn1cnc2c1C(=O)NC1OC1N2Cc1ccc(CNS(=O)(=O)c2ccc(-c3coc(C)n3)cc2)cc1. The summed E-state index contributed by atoms with van der Waals surface area (Å²) in [5.74, 6) is 0.945. The monoisotopic (exact) mass is 534 g/mol. The molecule has 1 amide bonds. The zero-order valence-electron chi connectivity index (χ0n) is 20.8. The minimum absolute atomic E-state index is 0.147. The van der Waals surface area contributed by atoms with Crippen molar-refractivity contribution in [1.29, 1.82) is 0 Å². The topological polar surface area (TPSA) is 135 Å². The van der Waals surface area contributed by atoms with E-state index in [9.17, 15) is 13.2 Å². The highest BCUT2D eigenvalue weighted by Gasteiger charge is 2.50. The number of carbonyl (C=O) groups is 1. The molecule has 2 N–H and O–H groups in total. The van der Waals surface area contributed by atoms with E-state index in [1.807, 2.05) is 40.7 Å². The molecule has 12 heteroatoms. The summed E-state index contributed by atoms with van der Waals surface area (Å²) < 4.78 is 41.0. The van der Waals surface area contributed by atoms with Gasteiger partial charge in [-0.2, -0.15) is 0 Å². The molecule has 38 heavy (non-hydrogen) atoms. The highest BCUT2D eigenvalue weighted by Crippen LogP contribution is 2.35. The van der Waals surface area contributed by atoms with Gasteiger partial charge in [0.25, 0.3) is 5.91 Å². The average molecular weight is 535 g/mol. The number of epoxide rings is 1. The number of hydrogen-bond acceptors (Lipinski definition) is 8. The van der Waals surface area contributed by atoms with Crippen LogP contribution >= 0.6 is 0 Å². The van der Waals surface area contributed by atoms with Crippen LogP contribution in [0.2, 0.25) is 0 Å². The fraction of sp³-hybridized carbons (Fsp3) is 0.269. The highest BCUT2D eigenvalue weighted by molar-refractivity contribution is 7.89. The lowest BCUT2D eigenvalue weighted by Gasteiger charge is -2.20. The number of nitrogens with one attached hydrogen (secondary N) is 2. The molecule has 11 nitrogen and oxygen atoms in total. The third-order valence-electron chi connectivity index (χ3n) is 6.62. The van der Waals surface area contributed by atoms with Crippen molar-refractivity contribution in [3.05, 3.63) is 83.8 Å². The van der Waals surface area contributed by atoms with E-state index < -0.39 is 10.0 Å². The standard InChI is InChI=1S/C26H26N6O5S/c1-3-31-15-27-23-22(31)24(33)30-25-26(37-25)32(23)13-18-6-4-17(5-7-18)12-28-38(34,35)20-10-8-19(9-11-20)21-14-36-16(2)29-21/h4-11,14-15,25-26,28H,3,12-13H2,1-2H3,(H,30,33). The van der Waals surface area contributed by atoms with Crippen LogP contribution in [-0.4, -0.2) is 41.3 Å². The zero-order valence-corrected chi connectivity index (χ0v) is 21.6. The van der Waals surface area contributed by atoms with Crippen molar-refractivity contribution in [3.8, 4) is 11.3 Å². The van der Waals surface area contributed by atoms with Gasteiger partial charge in [0.1, 0.15) is 12.0 Å². The van der Waals surface area contributed by atoms with Crippen LogP contribution in [0.4, 0.5) is 5.82 Å². The Morgan fingerprint density at radius 3 is 2.50 bits per heavy atom. The zero-order chi connectivity index (χ0) is 26.4. The fourth-order valence-electron chi connectivity index (χ4n) is 4.51. The summed E-state index contributed by atoms with van der Waals surface area (Å²) >= 11 is 0. The number of sulfonamides is 1. The molecule has 2 unspecified atom stereocenters. The normalized spacial score (nSPS) is 18.5. The summed E-state index contributed by atoms with van der Waals surface area (Å²) in [6.07, 6.45) is 2.57. The molecule has 196 valence electrons. The number of oxazole rings is 1. The van der Waals surface area contributed by atoms with Crippen LogP contribution in [0.3, 0.4) is 0 Å². The van der Waals surface area contributed by atoms with Crippen LogP contribution in [0.1, 0.15) is 34.4 Å². The van der Waals surface area contributed by atoms with E-state index in [2.05, 4.69) is 20.0 Å². The van der Waals surface area contributed by atoms with Crippen molar-refractivity contribution in [3.63, 3.8) is 0 Å². The van der Waals surface area contributed by atoms with Gasteiger partial charge in [-0.25, -0.2) is 23.1 Å². The Hall–Kier alpha value is -4.00. The molecule has 4 aromatic rings. The van der Waals surface area contributed by atoms with Gasteiger partial charge in [0.2, 0.25) is 10.0 Å². The third kappa shape index (κ3) is 4.57. The Morgan fingerprint density at radius 1 is 1.08 bits per heavy atom. The van der Waals surface area contributed by atoms with Crippen molar-refractivity contribution in [1.82, 2.24) is 24.6 Å². The van der Waals surface area contributed by atoms with Gasteiger partial charge in [-0.05, 0) is 30.2 Å². The maximum absolute atomic E-state index is 12.8. The first-order chi connectivity index (χ1) is 18.3. The number of ether oxygens (including phenoxy) is 1. The number of benzene rings is 2. The number of amides is 1. The molecule has 0 radical (unpaired) electrons. The van der Waals surface area contributed by atoms with Crippen LogP contribution in [0.15, 0.2) is 70.4 Å². The summed E-state index contributed by atoms with van der Waals surface area (Å²) in [6.45, 7) is 4.99. The Balaban J connectivity index is 1.12. The molecule has 1 saturated heterocycles. The third-order valence-corrected chi connectivity index (χ3v) is 8.03. The number of anilines is 1. The number of carbonyl (C=O) groups excluding carboxylic acids is 1.